The van der Waals surface area contributed by atoms with E-state index in [1.807, 2.05) is 26.0 Å². The Morgan fingerprint density at radius 3 is 2.52 bits per heavy atom. The molecule has 1 aromatic carbocycles. The first-order chi connectivity index (χ1) is 12.0. The van der Waals surface area contributed by atoms with E-state index in [0.29, 0.717) is 5.75 Å². The Kier molecular flexibility index (Phi) is 7.50. The molecule has 25 heavy (non-hydrogen) atoms. The van der Waals surface area contributed by atoms with Crippen LogP contribution in [0.5, 0.6) is 0 Å². The van der Waals surface area contributed by atoms with Gasteiger partial charge in [-0.3, -0.25) is 4.79 Å². The maximum absolute atomic E-state index is 12.4. The molecule has 1 aromatic heterocycles. The van der Waals surface area contributed by atoms with Crippen LogP contribution in [-0.4, -0.2) is 26.4 Å². The van der Waals surface area contributed by atoms with Crippen molar-refractivity contribution >= 4 is 39.3 Å². The average Bonchev–Trinajstić information content (AvgIpc) is 2.96. The molecular formula is C18H25BrN4OS. The largest absolute Gasteiger partial charge is 0.325 e. The first kappa shape index (κ1) is 20.0. The molecule has 2 rings (SSSR count). The van der Waals surface area contributed by atoms with Gasteiger partial charge in [-0.15, -0.1) is 10.2 Å². The van der Waals surface area contributed by atoms with Crippen molar-refractivity contribution in [3.63, 3.8) is 0 Å². The minimum absolute atomic E-state index is 0.0284. The number of benzene rings is 1. The van der Waals surface area contributed by atoms with Gasteiger partial charge >= 0.3 is 0 Å². The number of amides is 1. The molecule has 0 fully saturated rings. The van der Waals surface area contributed by atoms with Gasteiger partial charge in [0.05, 0.1) is 5.75 Å². The number of hydrogen-bond acceptors (Lipinski definition) is 4. The highest BCUT2D eigenvalue weighted by Crippen LogP contribution is 2.26. The lowest BCUT2D eigenvalue weighted by Gasteiger charge is -2.12. The zero-order valence-corrected chi connectivity index (χ0v) is 17.6. The number of carbonyl (C=O) groups is 1. The van der Waals surface area contributed by atoms with Gasteiger partial charge in [0.2, 0.25) is 5.91 Å². The topological polar surface area (TPSA) is 59.8 Å². The van der Waals surface area contributed by atoms with Crippen LogP contribution in [0.15, 0.2) is 21.8 Å². The molecule has 2 aromatic rings. The highest BCUT2D eigenvalue weighted by atomic mass is 79.9. The minimum Gasteiger partial charge on any atom is -0.325 e. The molecule has 1 amide bonds. The number of halogens is 1. The standard InChI is InChI=1S/C18H25BrN4OS/c1-5-7-8-15-21-22-18(23(15)6-2)25-11-16(24)20-17-12(3)9-14(19)10-13(17)4/h9-10H,5-8,11H2,1-4H3,(H,20,24). The number of hydrogen-bond donors (Lipinski definition) is 1. The maximum atomic E-state index is 12.4. The van der Waals surface area contributed by atoms with Crippen molar-refractivity contribution in [3.05, 3.63) is 33.6 Å². The summed E-state index contributed by atoms with van der Waals surface area (Å²) >= 11 is 4.91. The van der Waals surface area contributed by atoms with Crippen LogP contribution in [0.2, 0.25) is 0 Å². The van der Waals surface area contributed by atoms with Crippen molar-refractivity contribution in [1.29, 1.82) is 0 Å². The van der Waals surface area contributed by atoms with Gasteiger partial charge in [0.15, 0.2) is 5.16 Å². The van der Waals surface area contributed by atoms with E-state index in [4.69, 9.17) is 0 Å². The number of rotatable bonds is 8. The predicted octanol–water partition coefficient (Wildman–Crippen LogP) is 4.75. The summed E-state index contributed by atoms with van der Waals surface area (Å²) in [5.74, 6) is 1.30. The van der Waals surface area contributed by atoms with E-state index < -0.39 is 0 Å². The van der Waals surface area contributed by atoms with Gasteiger partial charge in [0, 0.05) is 23.1 Å². The van der Waals surface area contributed by atoms with E-state index in [2.05, 4.69) is 49.9 Å². The Balaban J connectivity index is 2.00. The molecule has 0 atom stereocenters. The van der Waals surface area contributed by atoms with Gasteiger partial charge in [-0.2, -0.15) is 0 Å². The van der Waals surface area contributed by atoms with Gasteiger partial charge in [0.1, 0.15) is 5.82 Å². The summed E-state index contributed by atoms with van der Waals surface area (Å²) < 4.78 is 3.12. The maximum Gasteiger partial charge on any atom is 0.234 e. The first-order valence-electron chi connectivity index (χ1n) is 8.57. The molecule has 1 heterocycles. The van der Waals surface area contributed by atoms with E-state index >= 15 is 0 Å². The quantitative estimate of drug-likeness (QED) is 0.620. The van der Waals surface area contributed by atoms with Crippen LogP contribution in [0, 0.1) is 13.8 Å². The number of aryl methyl sites for hydroxylation is 3. The first-order valence-corrected chi connectivity index (χ1v) is 10.4. The molecule has 0 bridgehead atoms. The molecular weight excluding hydrogens is 400 g/mol. The molecule has 0 radical (unpaired) electrons. The SMILES string of the molecule is CCCCc1nnc(SCC(=O)Nc2c(C)cc(Br)cc2C)n1CC. The lowest BCUT2D eigenvalue weighted by molar-refractivity contribution is -0.113. The Morgan fingerprint density at radius 2 is 1.92 bits per heavy atom. The van der Waals surface area contributed by atoms with Crippen molar-refractivity contribution in [1.82, 2.24) is 14.8 Å². The molecule has 7 heteroatoms. The molecule has 0 unspecified atom stereocenters. The van der Waals surface area contributed by atoms with Gasteiger partial charge < -0.3 is 9.88 Å². The number of aromatic nitrogens is 3. The number of anilines is 1. The van der Waals surface area contributed by atoms with Crippen LogP contribution < -0.4 is 5.32 Å². The third kappa shape index (κ3) is 5.31. The van der Waals surface area contributed by atoms with Gasteiger partial charge in [-0.25, -0.2) is 0 Å². The van der Waals surface area contributed by atoms with Crippen LogP contribution in [0.3, 0.4) is 0 Å². The summed E-state index contributed by atoms with van der Waals surface area (Å²) in [7, 11) is 0. The molecule has 0 saturated heterocycles. The zero-order valence-electron chi connectivity index (χ0n) is 15.2. The lowest BCUT2D eigenvalue weighted by atomic mass is 10.1. The third-order valence-electron chi connectivity index (χ3n) is 3.96. The normalized spacial score (nSPS) is 10.9. The summed E-state index contributed by atoms with van der Waals surface area (Å²) in [6.45, 7) is 9.06. The summed E-state index contributed by atoms with van der Waals surface area (Å²) in [5, 5.41) is 12.4. The second-order valence-corrected chi connectivity index (χ2v) is 7.86. The monoisotopic (exact) mass is 424 g/mol. The van der Waals surface area contributed by atoms with E-state index in [0.717, 1.165) is 58.1 Å². The Hall–Kier alpha value is -1.34. The van der Waals surface area contributed by atoms with Crippen LogP contribution >= 0.6 is 27.7 Å². The fourth-order valence-electron chi connectivity index (χ4n) is 2.68. The van der Waals surface area contributed by atoms with Crippen molar-refractivity contribution in [2.75, 3.05) is 11.1 Å². The highest BCUT2D eigenvalue weighted by molar-refractivity contribution is 9.10. The second-order valence-electron chi connectivity index (χ2n) is 6.00. The fourth-order valence-corrected chi connectivity index (χ4v) is 4.18. The van der Waals surface area contributed by atoms with Crippen LogP contribution in [0.1, 0.15) is 43.6 Å². The van der Waals surface area contributed by atoms with Crippen molar-refractivity contribution < 1.29 is 4.79 Å². The minimum atomic E-state index is -0.0284. The van der Waals surface area contributed by atoms with E-state index in [-0.39, 0.29) is 5.91 Å². The number of carbonyl (C=O) groups excluding carboxylic acids is 1. The number of thioether (sulfide) groups is 1. The molecule has 0 aliphatic heterocycles. The van der Waals surface area contributed by atoms with Crippen LogP contribution in [0.25, 0.3) is 0 Å². The number of nitrogens with zero attached hydrogens (tertiary/aromatic N) is 3. The van der Waals surface area contributed by atoms with Gasteiger partial charge in [-0.05, 0) is 50.5 Å². The Morgan fingerprint density at radius 1 is 1.24 bits per heavy atom. The summed E-state index contributed by atoms with van der Waals surface area (Å²) in [6, 6.07) is 4.01. The van der Waals surface area contributed by atoms with Gasteiger partial charge in [0.25, 0.3) is 0 Å². The number of unbranched alkanes of at least 4 members (excludes halogenated alkanes) is 1. The van der Waals surface area contributed by atoms with E-state index in [9.17, 15) is 4.79 Å². The molecule has 0 aliphatic rings. The molecule has 0 saturated carbocycles. The smallest absolute Gasteiger partial charge is 0.234 e. The zero-order chi connectivity index (χ0) is 18.4. The average molecular weight is 425 g/mol. The van der Waals surface area contributed by atoms with E-state index in [1.165, 1.54) is 11.8 Å². The summed E-state index contributed by atoms with van der Waals surface area (Å²) in [6.07, 6.45) is 3.17. The molecule has 1 N–H and O–H groups in total. The predicted molar refractivity (Wildman–Crippen MR) is 107 cm³/mol. The fraction of sp³-hybridized carbons (Fsp3) is 0.500. The summed E-state index contributed by atoms with van der Waals surface area (Å²) in [5.41, 5.74) is 2.97. The Labute approximate surface area is 162 Å². The van der Waals surface area contributed by atoms with Crippen LogP contribution in [0.4, 0.5) is 5.69 Å². The third-order valence-corrected chi connectivity index (χ3v) is 5.38. The van der Waals surface area contributed by atoms with E-state index in [1.54, 1.807) is 0 Å². The lowest BCUT2D eigenvalue weighted by Crippen LogP contribution is -2.16. The van der Waals surface area contributed by atoms with Crippen molar-refractivity contribution in [2.24, 2.45) is 0 Å². The van der Waals surface area contributed by atoms with Crippen molar-refractivity contribution in [2.45, 2.75) is 58.7 Å². The Bertz CT molecular complexity index is 722. The summed E-state index contributed by atoms with van der Waals surface area (Å²) in [4.78, 5) is 12.4. The second kappa shape index (κ2) is 9.38. The van der Waals surface area contributed by atoms with Crippen molar-refractivity contribution in [3.8, 4) is 0 Å². The number of nitrogens with one attached hydrogen (secondary N) is 1. The molecule has 0 aliphatic carbocycles. The van der Waals surface area contributed by atoms with Crippen LogP contribution in [-0.2, 0) is 17.8 Å². The van der Waals surface area contributed by atoms with Gasteiger partial charge in [-0.1, -0.05) is 41.0 Å². The highest BCUT2D eigenvalue weighted by Gasteiger charge is 2.14. The molecule has 0 spiro atoms. The molecule has 5 nitrogen and oxygen atoms in total. The molecule has 136 valence electrons.